The first-order valence-electron chi connectivity index (χ1n) is 9.62. The lowest BCUT2D eigenvalue weighted by Crippen LogP contribution is -2.53. The van der Waals surface area contributed by atoms with E-state index in [-0.39, 0.29) is 0 Å². The summed E-state index contributed by atoms with van der Waals surface area (Å²) in [6.45, 7) is 4.32. The van der Waals surface area contributed by atoms with E-state index in [4.69, 9.17) is 0 Å². The van der Waals surface area contributed by atoms with Gasteiger partial charge in [0.05, 0.1) is 12.0 Å². The van der Waals surface area contributed by atoms with Gasteiger partial charge in [0.2, 0.25) is 5.91 Å². The molecule has 0 bridgehead atoms. The highest BCUT2D eigenvalue weighted by Gasteiger charge is 2.43. The third-order valence-corrected chi connectivity index (χ3v) is 6.68. The zero-order chi connectivity index (χ0) is 16.6. The molecule has 0 aromatic carbocycles. The number of likely N-dealkylation sites (tertiary alicyclic amines) is 2. The van der Waals surface area contributed by atoms with Crippen LogP contribution in [-0.4, -0.2) is 50.9 Å². The number of carbonyl (C=O) groups excluding carboxylic acids is 1. The van der Waals surface area contributed by atoms with E-state index in [0.29, 0.717) is 17.4 Å². The summed E-state index contributed by atoms with van der Waals surface area (Å²) in [7, 11) is 2.07. The highest BCUT2D eigenvalue weighted by molar-refractivity contribution is 5.77. The lowest BCUT2D eigenvalue weighted by molar-refractivity contribution is -0.142. The number of rotatable bonds is 3. The number of amides is 1. The van der Waals surface area contributed by atoms with E-state index in [1.807, 2.05) is 12.5 Å². The first kappa shape index (κ1) is 16.1. The van der Waals surface area contributed by atoms with Crippen molar-refractivity contribution in [3.63, 3.8) is 0 Å². The summed E-state index contributed by atoms with van der Waals surface area (Å²) in [5, 5.41) is 0. The molecular formula is C19H30N4O. The van der Waals surface area contributed by atoms with E-state index in [0.717, 1.165) is 39.0 Å². The van der Waals surface area contributed by atoms with Gasteiger partial charge in [0.1, 0.15) is 0 Å². The SMILES string of the molecule is Cn1cncc1CN1CCC2(CCC(=O)N(C3CCCC3)C2)CC1. The Labute approximate surface area is 145 Å². The Morgan fingerprint density at radius 2 is 1.96 bits per heavy atom. The van der Waals surface area contributed by atoms with Crippen molar-refractivity contribution < 1.29 is 4.79 Å². The number of aryl methyl sites for hydroxylation is 1. The molecule has 5 nitrogen and oxygen atoms in total. The second kappa shape index (κ2) is 6.51. The summed E-state index contributed by atoms with van der Waals surface area (Å²) >= 11 is 0. The molecule has 4 rings (SSSR count). The van der Waals surface area contributed by atoms with Crippen molar-refractivity contribution >= 4 is 5.91 Å². The Balaban J connectivity index is 1.37. The summed E-state index contributed by atoms with van der Waals surface area (Å²) < 4.78 is 2.12. The average Bonchev–Trinajstić information content (AvgIpc) is 3.25. The number of piperidine rings is 2. The fraction of sp³-hybridized carbons (Fsp3) is 0.789. The highest BCUT2D eigenvalue weighted by Crippen LogP contribution is 2.42. The average molecular weight is 330 g/mol. The van der Waals surface area contributed by atoms with Crippen LogP contribution in [0.25, 0.3) is 0 Å². The quantitative estimate of drug-likeness (QED) is 0.855. The normalized spacial score (nSPS) is 25.7. The molecule has 0 radical (unpaired) electrons. The molecule has 24 heavy (non-hydrogen) atoms. The van der Waals surface area contributed by atoms with Gasteiger partial charge in [-0.05, 0) is 50.6 Å². The molecule has 5 heteroatoms. The van der Waals surface area contributed by atoms with Crippen molar-refractivity contribution in [1.82, 2.24) is 19.4 Å². The molecule has 3 fully saturated rings. The number of nitrogens with zero attached hydrogens (tertiary/aromatic N) is 4. The highest BCUT2D eigenvalue weighted by atomic mass is 16.2. The van der Waals surface area contributed by atoms with E-state index in [2.05, 4.69) is 26.4 Å². The molecule has 1 aromatic heterocycles. The van der Waals surface area contributed by atoms with Gasteiger partial charge in [0.25, 0.3) is 0 Å². The molecule has 132 valence electrons. The number of hydrogen-bond acceptors (Lipinski definition) is 3. The third kappa shape index (κ3) is 3.10. The Morgan fingerprint density at radius 1 is 1.21 bits per heavy atom. The van der Waals surface area contributed by atoms with Crippen LogP contribution in [0.3, 0.4) is 0 Å². The molecule has 0 atom stereocenters. The first-order chi connectivity index (χ1) is 11.7. The van der Waals surface area contributed by atoms with Crippen molar-refractivity contribution in [3.05, 3.63) is 18.2 Å². The van der Waals surface area contributed by atoms with E-state index < -0.39 is 0 Å². The Hall–Kier alpha value is -1.36. The zero-order valence-electron chi connectivity index (χ0n) is 14.9. The van der Waals surface area contributed by atoms with Crippen molar-refractivity contribution in [2.45, 2.75) is 64.0 Å². The third-order valence-electron chi connectivity index (χ3n) is 6.68. The zero-order valence-corrected chi connectivity index (χ0v) is 14.9. The van der Waals surface area contributed by atoms with Crippen molar-refractivity contribution in [2.24, 2.45) is 12.5 Å². The van der Waals surface area contributed by atoms with Crippen LogP contribution >= 0.6 is 0 Å². The van der Waals surface area contributed by atoms with Gasteiger partial charge in [0.15, 0.2) is 0 Å². The first-order valence-corrected chi connectivity index (χ1v) is 9.62. The van der Waals surface area contributed by atoms with Gasteiger partial charge in [-0.1, -0.05) is 12.8 Å². The lowest BCUT2D eigenvalue weighted by Gasteiger charge is -2.49. The maximum atomic E-state index is 12.4. The number of aromatic nitrogens is 2. The molecule has 1 amide bonds. The van der Waals surface area contributed by atoms with Gasteiger partial charge in [-0.25, -0.2) is 4.98 Å². The molecule has 1 aromatic rings. The predicted molar refractivity (Wildman–Crippen MR) is 93.4 cm³/mol. The summed E-state index contributed by atoms with van der Waals surface area (Å²) in [5.41, 5.74) is 1.68. The minimum atomic E-state index is 0.388. The van der Waals surface area contributed by atoms with Crippen molar-refractivity contribution in [2.75, 3.05) is 19.6 Å². The van der Waals surface area contributed by atoms with Crippen LogP contribution in [0.2, 0.25) is 0 Å². The summed E-state index contributed by atoms with van der Waals surface area (Å²) in [6, 6.07) is 0.544. The molecule has 1 aliphatic carbocycles. The van der Waals surface area contributed by atoms with E-state index >= 15 is 0 Å². The second-order valence-electron chi connectivity index (χ2n) is 8.23. The Kier molecular flexibility index (Phi) is 4.37. The molecule has 1 saturated carbocycles. The van der Waals surface area contributed by atoms with Crippen LogP contribution in [0.15, 0.2) is 12.5 Å². The number of carbonyl (C=O) groups is 1. The summed E-state index contributed by atoms with van der Waals surface area (Å²) in [6.07, 6.45) is 13.3. The Bertz CT molecular complexity index is 582. The van der Waals surface area contributed by atoms with Gasteiger partial charge in [0, 0.05) is 38.8 Å². The maximum absolute atomic E-state index is 12.4. The molecule has 1 spiro atoms. The molecular weight excluding hydrogens is 300 g/mol. The second-order valence-corrected chi connectivity index (χ2v) is 8.23. The van der Waals surface area contributed by atoms with Crippen LogP contribution < -0.4 is 0 Å². The van der Waals surface area contributed by atoms with Crippen molar-refractivity contribution in [1.29, 1.82) is 0 Å². The summed E-state index contributed by atoms with van der Waals surface area (Å²) in [5.74, 6) is 0.421. The standard InChI is InChI=1S/C19H30N4O/c1-21-15-20-12-17(21)13-22-10-8-19(9-11-22)7-6-18(24)23(14-19)16-4-2-3-5-16/h12,15-16H,2-11,13-14H2,1H3. The van der Waals surface area contributed by atoms with Crippen LogP contribution in [0.4, 0.5) is 0 Å². The molecule has 3 heterocycles. The molecule has 0 unspecified atom stereocenters. The van der Waals surface area contributed by atoms with Crippen molar-refractivity contribution in [3.8, 4) is 0 Å². The fourth-order valence-corrected chi connectivity index (χ4v) is 4.95. The Morgan fingerprint density at radius 3 is 2.62 bits per heavy atom. The lowest BCUT2D eigenvalue weighted by atomic mass is 9.72. The maximum Gasteiger partial charge on any atom is 0.222 e. The van der Waals surface area contributed by atoms with E-state index in [1.165, 1.54) is 44.2 Å². The fourth-order valence-electron chi connectivity index (χ4n) is 4.95. The minimum Gasteiger partial charge on any atom is -0.339 e. The van der Waals surface area contributed by atoms with E-state index in [1.54, 1.807) is 0 Å². The smallest absolute Gasteiger partial charge is 0.222 e. The molecule has 2 saturated heterocycles. The minimum absolute atomic E-state index is 0.388. The molecule has 0 N–H and O–H groups in total. The van der Waals surface area contributed by atoms with Gasteiger partial charge < -0.3 is 9.47 Å². The van der Waals surface area contributed by atoms with Gasteiger partial charge in [-0.3, -0.25) is 9.69 Å². The number of imidazole rings is 1. The van der Waals surface area contributed by atoms with Gasteiger partial charge in [-0.15, -0.1) is 0 Å². The van der Waals surface area contributed by atoms with Crippen LogP contribution in [-0.2, 0) is 18.4 Å². The predicted octanol–water partition coefficient (Wildman–Crippen LogP) is 2.57. The van der Waals surface area contributed by atoms with Crippen LogP contribution in [0.1, 0.15) is 57.1 Å². The van der Waals surface area contributed by atoms with E-state index in [9.17, 15) is 4.79 Å². The van der Waals surface area contributed by atoms with Crippen LogP contribution in [0, 0.1) is 5.41 Å². The van der Waals surface area contributed by atoms with Gasteiger partial charge in [-0.2, -0.15) is 0 Å². The van der Waals surface area contributed by atoms with Gasteiger partial charge >= 0.3 is 0 Å². The molecule has 2 aliphatic heterocycles. The number of hydrogen-bond donors (Lipinski definition) is 0. The van der Waals surface area contributed by atoms with Crippen LogP contribution in [0.5, 0.6) is 0 Å². The largest absolute Gasteiger partial charge is 0.339 e. The molecule has 3 aliphatic rings. The summed E-state index contributed by atoms with van der Waals surface area (Å²) in [4.78, 5) is 21.5. The monoisotopic (exact) mass is 330 g/mol. The topological polar surface area (TPSA) is 41.4 Å².